The molecule has 1 heterocycles. The molecule has 29 heavy (non-hydrogen) atoms. The third-order valence-electron chi connectivity index (χ3n) is 4.43. The molecule has 152 valence electrons. The van der Waals surface area contributed by atoms with Gasteiger partial charge in [0.25, 0.3) is 5.56 Å². The van der Waals surface area contributed by atoms with E-state index in [1.807, 2.05) is 61.5 Å². The minimum absolute atomic E-state index is 0.148. The summed E-state index contributed by atoms with van der Waals surface area (Å²) in [6.07, 6.45) is 0. The Balaban J connectivity index is 1.82. The number of thiocarbonyl (C=S) groups is 1. The molecule has 0 aliphatic carbocycles. The van der Waals surface area contributed by atoms with Crippen LogP contribution >= 0.6 is 12.2 Å². The maximum Gasteiger partial charge on any atom is 0.258 e. The Kier molecular flexibility index (Phi) is 6.79. The Morgan fingerprint density at radius 3 is 2.72 bits per heavy atom. The van der Waals surface area contributed by atoms with Crippen LogP contribution in [0.4, 0.5) is 5.69 Å². The number of benzene rings is 2. The lowest BCUT2D eigenvalue weighted by molar-refractivity contribution is 0.323. The summed E-state index contributed by atoms with van der Waals surface area (Å²) in [7, 11) is 5.64. The van der Waals surface area contributed by atoms with Crippen LogP contribution < -0.4 is 15.6 Å². The summed E-state index contributed by atoms with van der Waals surface area (Å²) < 4.78 is 5.27. The molecule has 0 spiro atoms. The van der Waals surface area contributed by atoms with Crippen molar-refractivity contribution in [1.82, 2.24) is 19.8 Å². The fraction of sp³-hybridized carbons (Fsp3) is 0.286. The number of H-pyrrole nitrogens is 1. The Hall–Kier alpha value is -2.97. The summed E-state index contributed by atoms with van der Waals surface area (Å²) >= 11 is 5.65. The number of aromatic amines is 1. The van der Waals surface area contributed by atoms with Crippen LogP contribution in [0.15, 0.2) is 53.3 Å². The molecule has 3 aromatic rings. The fourth-order valence-corrected chi connectivity index (χ4v) is 3.14. The van der Waals surface area contributed by atoms with E-state index in [-0.39, 0.29) is 5.56 Å². The molecule has 2 N–H and O–H groups in total. The first-order valence-corrected chi connectivity index (χ1v) is 9.70. The fourth-order valence-electron chi connectivity index (χ4n) is 2.87. The molecule has 0 unspecified atom stereocenters. The van der Waals surface area contributed by atoms with Crippen molar-refractivity contribution < 1.29 is 4.74 Å². The van der Waals surface area contributed by atoms with Gasteiger partial charge in [0, 0.05) is 24.8 Å². The van der Waals surface area contributed by atoms with E-state index in [0.717, 1.165) is 18.0 Å². The average Bonchev–Trinajstić information content (AvgIpc) is 2.71. The van der Waals surface area contributed by atoms with Crippen LogP contribution in [0.3, 0.4) is 0 Å². The molecule has 0 bridgehead atoms. The Morgan fingerprint density at radius 2 is 1.97 bits per heavy atom. The predicted octanol–water partition coefficient (Wildman–Crippen LogP) is 2.69. The number of anilines is 1. The zero-order valence-electron chi connectivity index (χ0n) is 16.8. The number of hydrogen-bond donors (Lipinski definition) is 2. The SMILES string of the molecule is COc1cccc(NC(=S)N(CCN(C)C)Cc2nc3ccccc3c(=O)[nH]2)c1. The van der Waals surface area contributed by atoms with Gasteiger partial charge in [-0.3, -0.25) is 4.79 Å². The first-order chi connectivity index (χ1) is 14.0. The van der Waals surface area contributed by atoms with Crippen molar-refractivity contribution in [2.24, 2.45) is 0 Å². The quantitative estimate of drug-likeness (QED) is 0.579. The van der Waals surface area contributed by atoms with Crippen LogP contribution in [0.1, 0.15) is 5.82 Å². The van der Waals surface area contributed by atoms with E-state index >= 15 is 0 Å². The highest BCUT2D eigenvalue weighted by Gasteiger charge is 2.14. The number of hydrogen-bond acceptors (Lipinski definition) is 5. The molecule has 1 aromatic heterocycles. The van der Waals surface area contributed by atoms with Gasteiger partial charge >= 0.3 is 0 Å². The van der Waals surface area contributed by atoms with Gasteiger partial charge < -0.3 is 24.8 Å². The number of fused-ring (bicyclic) bond motifs is 1. The molecule has 0 aliphatic rings. The summed E-state index contributed by atoms with van der Waals surface area (Å²) in [5.74, 6) is 1.32. The molecule has 0 atom stereocenters. The predicted molar refractivity (Wildman–Crippen MR) is 121 cm³/mol. The Morgan fingerprint density at radius 1 is 1.17 bits per heavy atom. The number of rotatable bonds is 7. The monoisotopic (exact) mass is 411 g/mol. The average molecular weight is 412 g/mol. The normalized spacial score (nSPS) is 10.9. The number of nitrogens with zero attached hydrogens (tertiary/aromatic N) is 3. The molecular weight excluding hydrogens is 386 g/mol. The van der Waals surface area contributed by atoms with Crippen molar-refractivity contribution in [3.63, 3.8) is 0 Å². The molecule has 0 radical (unpaired) electrons. The van der Waals surface area contributed by atoms with Gasteiger partial charge in [-0.2, -0.15) is 0 Å². The topological polar surface area (TPSA) is 73.5 Å². The molecule has 8 heteroatoms. The lowest BCUT2D eigenvalue weighted by Crippen LogP contribution is -2.39. The largest absolute Gasteiger partial charge is 0.497 e. The number of nitrogens with one attached hydrogen (secondary N) is 2. The molecule has 7 nitrogen and oxygen atoms in total. The number of ether oxygens (including phenoxy) is 1. The Bertz CT molecular complexity index is 1050. The van der Waals surface area contributed by atoms with Gasteiger partial charge in [-0.05, 0) is 50.6 Å². The molecule has 0 saturated carbocycles. The van der Waals surface area contributed by atoms with Crippen LogP contribution in [0, 0.1) is 0 Å². The van der Waals surface area contributed by atoms with Gasteiger partial charge in [0.2, 0.25) is 0 Å². The number of para-hydroxylation sites is 1. The van der Waals surface area contributed by atoms with E-state index in [1.165, 1.54) is 0 Å². The van der Waals surface area contributed by atoms with Crippen molar-refractivity contribution in [1.29, 1.82) is 0 Å². The van der Waals surface area contributed by atoms with Gasteiger partial charge in [0.1, 0.15) is 11.6 Å². The van der Waals surface area contributed by atoms with E-state index in [0.29, 0.717) is 34.9 Å². The zero-order valence-corrected chi connectivity index (χ0v) is 17.6. The second kappa shape index (κ2) is 9.49. The summed E-state index contributed by atoms with van der Waals surface area (Å²) in [5, 5.41) is 4.38. The second-order valence-electron chi connectivity index (χ2n) is 6.92. The molecule has 0 fully saturated rings. The van der Waals surface area contributed by atoms with Crippen molar-refractivity contribution in [3.8, 4) is 5.75 Å². The summed E-state index contributed by atoms with van der Waals surface area (Å²) in [6, 6.07) is 14.9. The standard InChI is InChI=1S/C21H25N5O2S/c1-25(2)11-12-26(21(29)22-15-7-6-8-16(13-15)28-3)14-19-23-18-10-5-4-9-17(18)20(27)24-19/h4-10,13H,11-12,14H2,1-3H3,(H,22,29)(H,23,24,27). The molecule has 0 aliphatic heterocycles. The maximum atomic E-state index is 12.4. The first-order valence-electron chi connectivity index (χ1n) is 9.29. The third-order valence-corrected chi connectivity index (χ3v) is 4.79. The van der Waals surface area contributed by atoms with Crippen LogP contribution in [0.2, 0.25) is 0 Å². The van der Waals surface area contributed by atoms with Crippen LogP contribution in [0.25, 0.3) is 10.9 Å². The van der Waals surface area contributed by atoms with Gasteiger partial charge in [0.15, 0.2) is 5.11 Å². The molecule has 0 saturated heterocycles. The first kappa shape index (κ1) is 20.8. The minimum atomic E-state index is -0.148. The van der Waals surface area contributed by atoms with Crippen LogP contribution in [0.5, 0.6) is 5.75 Å². The van der Waals surface area contributed by atoms with Gasteiger partial charge in [-0.15, -0.1) is 0 Å². The third kappa shape index (κ3) is 5.52. The van der Waals surface area contributed by atoms with Crippen molar-refractivity contribution in [2.75, 3.05) is 39.6 Å². The minimum Gasteiger partial charge on any atom is -0.497 e. The zero-order chi connectivity index (χ0) is 20.8. The number of likely N-dealkylation sites (N-methyl/N-ethyl adjacent to an activating group) is 1. The van der Waals surface area contributed by atoms with Crippen molar-refractivity contribution >= 4 is 33.9 Å². The van der Waals surface area contributed by atoms with E-state index in [4.69, 9.17) is 17.0 Å². The number of methoxy groups -OCH3 is 1. The van der Waals surface area contributed by atoms with E-state index < -0.39 is 0 Å². The molecule has 3 rings (SSSR count). The number of aromatic nitrogens is 2. The van der Waals surface area contributed by atoms with Crippen molar-refractivity contribution in [2.45, 2.75) is 6.54 Å². The molecule has 0 amide bonds. The molecule has 2 aromatic carbocycles. The van der Waals surface area contributed by atoms with Crippen LogP contribution in [-0.2, 0) is 6.54 Å². The Labute approximate surface area is 175 Å². The van der Waals surface area contributed by atoms with Gasteiger partial charge in [-0.25, -0.2) is 4.98 Å². The van der Waals surface area contributed by atoms with E-state index in [2.05, 4.69) is 20.2 Å². The van der Waals surface area contributed by atoms with E-state index in [1.54, 1.807) is 13.2 Å². The smallest absolute Gasteiger partial charge is 0.258 e. The highest BCUT2D eigenvalue weighted by Crippen LogP contribution is 2.17. The summed E-state index contributed by atoms with van der Waals surface area (Å²) in [4.78, 5) is 23.9. The summed E-state index contributed by atoms with van der Waals surface area (Å²) in [5.41, 5.74) is 1.36. The highest BCUT2D eigenvalue weighted by atomic mass is 32.1. The van der Waals surface area contributed by atoms with Gasteiger partial charge in [-0.1, -0.05) is 18.2 Å². The van der Waals surface area contributed by atoms with Crippen LogP contribution in [-0.4, -0.2) is 59.2 Å². The van der Waals surface area contributed by atoms with E-state index in [9.17, 15) is 4.79 Å². The second-order valence-corrected chi connectivity index (χ2v) is 7.30. The lowest BCUT2D eigenvalue weighted by Gasteiger charge is -2.27. The summed E-state index contributed by atoms with van der Waals surface area (Å²) in [6.45, 7) is 1.88. The molecular formula is C21H25N5O2S. The maximum absolute atomic E-state index is 12.4. The lowest BCUT2D eigenvalue weighted by atomic mass is 10.2. The van der Waals surface area contributed by atoms with Crippen molar-refractivity contribution in [3.05, 3.63) is 64.7 Å². The highest BCUT2D eigenvalue weighted by molar-refractivity contribution is 7.80. The van der Waals surface area contributed by atoms with Gasteiger partial charge in [0.05, 0.1) is 24.6 Å².